The third-order valence-corrected chi connectivity index (χ3v) is 3.42. The van der Waals surface area contributed by atoms with Crippen LogP contribution in [0.15, 0.2) is 24.3 Å². The van der Waals surface area contributed by atoms with E-state index >= 15 is 0 Å². The van der Waals surface area contributed by atoms with E-state index < -0.39 is 0 Å². The molecule has 0 saturated heterocycles. The molecule has 0 bridgehead atoms. The highest BCUT2D eigenvalue weighted by Crippen LogP contribution is 2.24. The molecule has 2 rings (SSSR count). The van der Waals surface area contributed by atoms with E-state index in [0.29, 0.717) is 24.5 Å². The topological polar surface area (TPSA) is 70.6 Å². The largest absolute Gasteiger partial charge is 0.492 e. The number of nitrogens with one attached hydrogen (secondary N) is 2. The van der Waals surface area contributed by atoms with Crippen LogP contribution < -0.4 is 15.4 Å². The average Bonchev–Trinajstić information content (AvgIpc) is 2.41. The Morgan fingerprint density at radius 1 is 1.40 bits per heavy atom. The Hall–Kier alpha value is -1.75. The number of carbonyl (C=O) groups excluding carboxylic acids is 1. The summed E-state index contributed by atoms with van der Waals surface area (Å²) in [5, 5.41) is 15.3. The molecule has 1 aromatic carbocycles. The molecule has 0 aromatic heterocycles. The van der Waals surface area contributed by atoms with Gasteiger partial charge >= 0.3 is 6.03 Å². The third kappa shape index (κ3) is 4.13. The van der Waals surface area contributed by atoms with Gasteiger partial charge in [-0.2, -0.15) is 0 Å². The zero-order valence-corrected chi connectivity index (χ0v) is 11.8. The minimum absolute atomic E-state index is 0.0398. The van der Waals surface area contributed by atoms with E-state index in [0.717, 1.165) is 19.3 Å². The number of aliphatic hydroxyl groups excluding tert-OH is 1. The zero-order chi connectivity index (χ0) is 14.4. The van der Waals surface area contributed by atoms with Gasteiger partial charge in [0.2, 0.25) is 0 Å². The van der Waals surface area contributed by atoms with Gasteiger partial charge in [-0.15, -0.1) is 0 Å². The molecule has 2 atom stereocenters. The van der Waals surface area contributed by atoms with Gasteiger partial charge in [-0.1, -0.05) is 12.1 Å². The molecule has 1 fully saturated rings. The van der Waals surface area contributed by atoms with Gasteiger partial charge in [0.15, 0.2) is 0 Å². The minimum atomic E-state index is -0.301. The maximum absolute atomic E-state index is 12.0. The second-order valence-corrected chi connectivity index (χ2v) is 5.04. The Morgan fingerprint density at radius 2 is 2.20 bits per heavy atom. The number of para-hydroxylation sites is 2. The second-order valence-electron chi connectivity index (χ2n) is 5.04. The molecule has 1 saturated carbocycles. The molecule has 5 heteroatoms. The first kappa shape index (κ1) is 14.7. The molecule has 2 amide bonds. The number of aliphatic hydroxyl groups is 1. The van der Waals surface area contributed by atoms with Crippen molar-refractivity contribution in [2.45, 2.75) is 44.8 Å². The summed E-state index contributed by atoms with van der Waals surface area (Å²) in [6, 6.07) is 7.13. The summed E-state index contributed by atoms with van der Waals surface area (Å²) in [5.41, 5.74) is 0.656. The van der Waals surface area contributed by atoms with Crippen LogP contribution in [0.5, 0.6) is 5.75 Å². The van der Waals surface area contributed by atoms with Crippen LogP contribution >= 0.6 is 0 Å². The van der Waals surface area contributed by atoms with Crippen LogP contribution in [0.1, 0.15) is 32.6 Å². The number of urea groups is 1. The average molecular weight is 278 g/mol. The van der Waals surface area contributed by atoms with Crippen molar-refractivity contribution in [2.75, 3.05) is 11.9 Å². The lowest BCUT2D eigenvalue weighted by Gasteiger charge is -2.26. The van der Waals surface area contributed by atoms with Gasteiger partial charge in [0.05, 0.1) is 18.4 Å². The Labute approximate surface area is 119 Å². The fourth-order valence-electron chi connectivity index (χ4n) is 2.49. The molecule has 20 heavy (non-hydrogen) atoms. The molecule has 1 aliphatic carbocycles. The summed E-state index contributed by atoms with van der Waals surface area (Å²) in [4.78, 5) is 12.0. The fraction of sp³-hybridized carbons (Fsp3) is 0.533. The molecule has 0 spiro atoms. The van der Waals surface area contributed by atoms with E-state index in [4.69, 9.17) is 4.74 Å². The van der Waals surface area contributed by atoms with Gasteiger partial charge < -0.3 is 20.5 Å². The van der Waals surface area contributed by atoms with Crippen molar-refractivity contribution in [3.63, 3.8) is 0 Å². The molecule has 5 nitrogen and oxygen atoms in total. The Kier molecular flexibility index (Phi) is 5.24. The van der Waals surface area contributed by atoms with Crippen molar-refractivity contribution in [3.05, 3.63) is 24.3 Å². The Morgan fingerprint density at radius 3 is 2.95 bits per heavy atom. The van der Waals surface area contributed by atoms with Crippen molar-refractivity contribution in [3.8, 4) is 5.75 Å². The van der Waals surface area contributed by atoms with Crippen LogP contribution in [0.25, 0.3) is 0 Å². The van der Waals surface area contributed by atoms with Crippen LogP contribution in [0.3, 0.4) is 0 Å². The summed E-state index contributed by atoms with van der Waals surface area (Å²) in [5.74, 6) is 0.661. The molecule has 1 aromatic rings. The van der Waals surface area contributed by atoms with Crippen LogP contribution in [0, 0.1) is 0 Å². The highest BCUT2D eigenvalue weighted by Gasteiger charge is 2.21. The van der Waals surface area contributed by atoms with E-state index in [-0.39, 0.29) is 18.2 Å². The molecule has 0 radical (unpaired) electrons. The van der Waals surface area contributed by atoms with Crippen molar-refractivity contribution in [1.82, 2.24) is 5.32 Å². The minimum Gasteiger partial charge on any atom is -0.492 e. The van der Waals surface area contributed by atoms with Gasteiger partial charge in [0, 0.05) is 6.04 Å². The summed E-state index contributed by atoms with van der Waals surface area (Å²) >= 11 is 0. The Bertz CT molecular complexity index is 450. The third-order valence-electron chi connectivity index (χ3n) is 3.42. The van der Waals surface area contributed by atoms with Gasteiger partial charge in [0.1, 0.15) is 5.75 Å². The lowest BCUT2D eigenvalue weighted by atomic mass is 9.93. The van der Waals surface area contributed by atoms with Crippen LogP contribution in [-0.2, 0) is 0 Å². The molecule has 2 unspecified atom stereocenters. The summed E-state index contributed by atoms with van der Waals surface area (Å²) < 4.78 is 5.46. The van der Waals surface area contributed by atoms with Crippen LogP contribution in [0.2, 0.25) is 0 Å². The first-order chi connectivity index (χ1) is 9.69. The number of benzene rings is 1. The van der Waals surface area contributed by atoms with E-state index in [1.165, 1.54) is 0 Å². The highest BCUT2D eigenvalue weighted by atomic mass is 16.5. The summed E-state index contributed by atoms with van der Waals surface area (Å²) in [6.07, 6.45) is 3.01. The van der Waals surface area contributed by atoms with E-state index in [9.17, 15) is 9.90 Å². The first-order valence-corrected chi connectivity index (χ1v) is 7.16. The van der Waals surface area contributed by atoms with Gasteiger partial charge in [-0.05, 0) is 44.7 Å². The molecular weight excluding hydrogens is 256 g/mol. The lowest BCUT2D eigenvalue weighted by Crippen LogP contribution is -2.41. The lowest BCUT2D eigenvalue weighted by molar-refractivity contribution is 0.114. The predicted octanol–water partition coefficient (Wildman–Crippen LogP) is 2.51. The molecule has 110 valence electrons. The van der Waals surface area contributed by atoms with E-state index in [1.54, 1.807) is 6.07 Å². The van der Waals surface area contributed by atoms with Crippen molar-refractivity contribution >= 4 is 11.7 Å². The normalized spacial score (nSPS) is 22.1. The zero-order valence-electron chi connectivity index (χ0n) is 11.8. The number of hydrogen-bond acceptors (Lipinski definition) is 3. The predicted molar refractivity (Wildman–Crippen MR) is 78.0 cm³/mol. The van der Waals surface area contributed by atoms with Crippen molar-refractivity contribution < 1.29 is 14.6 Å². The first-order valence-electron chi connectivity index (χ1n) is 7.16. The van der Waals surface area contributed by atoms with E-state index in [1.807, 2.05) is 25.1 Å². The highest BCUT2D eigenvalue weighted by molar-refractivity contribution is 5.91. The molecule has 0 heterocycles. The van der Waals surface area contributed by atoms with Gasteiger partial charge in [-0.3, -0.25) is 0 Å². The number of anilines is 1. The molecule has 1 aliphatic rings. The summed E-state index contributed by atoms with van der Waals surface area (Å²) in [6.45, 7) is 2.45. The smallest absolute Gasteiger partial charge is 0.319 e. The number of rotatable bonds is 4. The number of ether oxygens (including phenoxy) is 1. The maximum atomic E-state index is 12.0. The quantitative estimate of drug-likeness (QED) is 0.792. The maximum Gasteiger partial charge on any atom is 0.319 e. The monoisotopic (exact) mass is 278 g/mol. The van der Waals surface area contributed by atoms with Gasteiger partial charge in [-0.25, -0.2) is 4.79 Å². The van der Waals surface area contributed by atoms with Crippen molar-refractivity contribution in [2.24, 2.45) is 0 Å². The number of carbonyl (C=O) groups is 1. The fourth-order valence-corrected chi connectivity index (χ4v) is 2.49. The molecular formula is C15H22N2O3. The molecule has 0 aliphatic heterocycles. The Balaban J connectivity index is 1.91. The number of hydrogen-bond donors (Lipinski definition) is 3. The standard InChI is InChI=1S/C15H22N2O3/c1-2-20-14-9-4-3-8-13(14)17-15(19)16-11-6-5-7-12(18)10-11/h3-4,8-9,11-12,18H,2,5-7,10H2,1H3,(H2,16,17,19). The van der Waals surface area contributed by atoms with E-state index in [2.05, 4.69) is 10.6 Å². The molecule has 3 N–H and O–H groups in total. The number of amides is 2. The SMILES string of the molecule is CCOc1ccccc1NC(=O)NC1CCCC(O)C1. The van der Waals surface area contributed by atoms with Crippen LogP contribution in [0.4, 0.5) is 10.5 Å². The van der Waals surface area contributed by atoms with Crippen LogP contribution in [-0.4, -0.2) is 29.9 Å². The van der Waals surface area contributed by atoms with Crippen molar-refractivity contribution in [1.29, 1.82) is 0 Å². The summed E-state index contributed by atoms with van der Waals surface area (Å²) in [7, 11) is 0. The van der Waals surface area contributed by atoms with Gasteiger partial charge in [0.25, 0.3) is 0 Å². The second kappa shape index (κ2) is 7.14.